The van der Waals surface area contributed by atoms with Crippen LogP contribution < -0.4 is 19.5 Å². The van der Waals surface area contributed by atoms with Gasteiger partial charge in [0, 0.05) is 5.56 Å². The minimum Gasteiger partial charge on any atom is -0.497 e. The summed E-state index contributed by atoms with van der Waals surface area (Å²) in [5.74, 6) is 0.830. The minimum atomic E-state index is -3.78. The van der Waals surface area contributed by atoms with Crippen LogP contribution in [0.5, 0.6) is 11.5 Å². The lowest BCUT2D eigenvalue weighted by Crippen LogP contribution is -2.27. The quantitative estimate of drug-likeness (QED) is 0.467. The molecule has 33 heavy (non-hydrogen) atoms. The Morgan fingerprint density at radius 3 is 2.27 bits per heavy atom. The maximum absolute atomic E-state index is 12.8. The number of benzene rings is 3. The molecule has 1 amide bonds. The molecular formula is C24H25ClN2O5S. The number of amides is 1. The molecule has 3 aromatic carbocycles. The van der Waals surface area contributed by atoms with Crippen LogP contribution in [0.3, 0.4) is 0 Å². The Hall–Kier alpha value is -3.23. The number of hydrogen-bond acceptors (Lipinski definition) is 5. The van der Waals surface area contributed by atoms with Gasteiger partial charge in [0.1, 0.15) is 11.5 Å². The van der Waals surface area contributed by atoms with Gasteiger partial charge in [-0.25, -0.2) is 8.42 Å². The van der Waals surface area contributed by atoms with E-state index >= 15 is 0 Å². The average Bonchev–Trinajstić information content (AvgIpc) is 2.78. The van der Waals surface area contributed by atoms with E-state index in [2.05, 4.69) is 10.0 Å². The molecule has 0 saturated carbocycles. The summed E-state index contributed by atoms with van der Waals surface area (Å²) in [6.45, 7) is 3.69. The van der Waals surface area contributed by atoms with Crippen LogP contribution in [0, 0.1) is 6.92 Å². The summed E-state index contributed by atoms with van der Waals surface area (Å²) in [6.07, 6.45) is 0. The van der Waals surface area contributed by atoms with E-state index in [0.29, 0.717) is 11.5 Å². The molecule has 0 aliphatic carbocycles. The number of anilines is 1. The third kappa shape index (κ3) is 5.77. The molecule has 2 N–H and O–H groups in total. The summed E-state index contributed by atoms with van der Waals surface area (Å²) < 4.78 is 38.3. The standard InChI is InChI=1S/C24H25ClN2O5S/c1-15-5-9-19(10-6-15)33(29,30)27-17-7-11-20(22(25)13-17)24(28)26-16(2)21-14-18(31-3)8-12-23(21)32-4/h5-14,16,27H,1-4H3,(H,26,28)/t16-/m0/s1. The molecule has 0 aliphatic rings. The largest absolute Gasteiger partial charge is 0.497 e. The molecule has 0 bridgehead atoms. The highest BCUT2D eigenvalue weighted by molar-refractivity contribution is 7.92. The molecule has 0 spiro atoms. The number of carbonyl (C=O) groups excluding carboxylic acids is 1. The van der Waals surface area contributed by atoms with Gasteiger partial charge >= 0.3 is 0 Å². The molecule has 0 unspecified atom stereocenters. The van der Waals surface area contributed by atoms with Crippen molar-refractivity contribution in [2.75, 3.05) is 18.9 Å². The van der Waals surface area contributed by atoms with Gasteiger partial charge in [-0.1, -0.05) is 29.3 Å². The highest BCUT2D eigenvalue weighted by atomic mass is 35.5. The van der Waals surface area contributed by atoms with Crippen molar-refractivity contribution in [3.05, 3.63) is 82.4 Å². The van der Waals surface area contributed by atoms with E-state index < -0.39 is 22.0 Å². The van der Waals surface area contributed by atoms with Crippen LogP contribution in [0.2, 0.25) is 5.02 Å². The summed E-state index contributed by atoms with van der Waals surface area (Å²) in [5, 5.41) is 2.99. The average molecular weight is 489 g/mol. The number of halogens is 1. The van der Waals surface area contributed by atoms with Crippen molar-refractivity contribution in [2.24, 2.45) is 0 Å². The van der Waals surface area contributed by atoms with Crippen LogP contribution in [0.4, 0.5) is 5.69 Å². The molecule has 0 fully saturated rings. The highest BCUT2D eigenvalue weighted by Crippen LogP contribution is 2.30. The van der Waals surface area contributed by atoms with E-state index in [0.717, 1.165) is 11.1 Å². The molecule has 1 atom stereocenters. The number of nitrogens with one attached hydrogen (secondary N) is 2. The first-order valence-corrected chi connectivity index (χ1v) is 11.9. The second-order valence-corrected chi connectivity index (χ2v) is 9.51. The number of sulfonamides is 1. The van der Waals surface area contributed by atoms with Crippen molar-refractivity contribution in [1.29, 1.82) is 0 Å². The van der Waals surface area contributed by atoms with E-state index in [1.165, 1.54) is 30.3 Å². The lowest BCUT2D eigenvalue weighted by atomic mass is 10.1. The molecule has 0 radical (unpaired) electrons. The van der Waals surface area contributed by atoms with Gasteiger partial charge in [0.05, 0.1) is 41.4 Å². The Balaban J connectivity index is 1.77. The second kappa shape index (κ2) is 10.1. The summed E-state index contributed by atoms with van der Waals surface area (Å²) in [5.41, 5.74) is 2.15. The Morgan fingerprint density at radius 2 is 1.67 bits per heavy atom. The second-order valence-electron chi connectivity index (χ2n) is 7.42. The van der Waals surface area contributed by atoms with Gasteiger partial charge in [-0.3, -0.25) is 9.52 Å². The van der Waals surface area contributed by atoms with Crippen LogP contribution in [0.15, 0.2) is 65.6 Å². The predicted octanol–water partition coefficient (Wildman–Crippen LogP) is 4.96. The van der Waals surface area contributed by atoms with Gasteiger partial charge < -0.3 is 14.8 Å². The number of rotatable bonds is 8. The zero-order valence-electron chi connectivity index (χ0n) is 18.7. The Morgan fingerprint density at radius 1 is 0.970 bits per heavy atom. The number of methoxy groups -OCH3 is 2. The third-order valence-electron chi connectivity index (χ3n) is 5.05. The SMILES string of the molecule is COc1ccc(OC)c([C@H](C)NC(=O)c2ccc(NS(=O)(=O)c3ccc(C)cc3)cc2Cl)c1. The zero-order chi connectivity index (χ0) is 24.2. The summed E-state index contributed by atoms with van der Waals surface area (Å²) in [6, 6.07) is 15.8. The van der Waals surface area contributed by atoms with Gasteiger partial charge in [-0.05, 0) is 62.4 Å². The molecule has 3 rings (SSSR count). The van der Waals surface area contributed by atoms with Crippen molar-refractivity contribution < 1.29 is 22.7 Å². The van der Waals surface area contributed by atoms with Crippen molar-refractivity contribution in [1.82, 2.24) is 5.32 Å². The van der Waals surface area contributed by atoms with E-state index in [1.54, 1.807) is 44.6 Å². The van der Waals surface area contributed by atoms with Crippen LogP contribution in [-0.2, 0) is 10.0 Å². The fourth-order valence-corrected chi connectivity index (χ4v) is 4.54. The first-order valence-electron chi connectivity index (χ1n) is 10.1. The van der Waals surface area contributed by atoms with Crippen LogP contribution in [0.25, 0.3) is 0 Å². The fourth-order valence-electron chi connectivity index (χ4n) is 3.22. The molecular weight excluding hydrogens is 464 g/mol. The molecule has 0 aliphatic heterocycles. The first kappa shape index (κ1) is 24.4. The fraction of sp³-hybridized carbons (Fsp3) is 0.208. The van der Waals surface area contributed by atoms with Gasteiger partial charge in [-0.2, -0.15) is 0 Å². The summed E-state index contributed by atoms with van der Waals surface area (Å²) in [7, 11) is -0.677. The van der Waals surface area contributed by atoms with Crippen molar-refractivity contribution >= 4 is 33.2 Å². The lowest BCUT2D eigenvalue weighted by molar-refractivity contribution is 0.0939. The number of hydrogen-bond donors (Lipinski definition) is 2. The van der Waals surface area contributed by atoms with Gasteiger partial charge in [0.25, 0.3) is 15.9 Å². The van der Waals surface area contributed by atoms with Crippen molar-refractivity contribution in [3.63, 3.8) is 0 Å². The van der Waals surface area contributed by atoms with E-state index in [-0.39, 0.29) is 21.2 Å². The van der Waals surface area contributed by atoms with E-state index in [9.17, 15) is 13.2 Å². The van der Waals surface area contributed by atoms with Crippen molar-refractivity contribution in [2.45, 2.75) is 24.8 Å². The molecule has 174 valence electrons. The highest BCUT2D eigenvalue weighted by Gasteiger charge is 2.19. The third-order valence-corrected chi connectivity index (χ3v) is 6.76. The Labute approximate surface area is 198 Å². The maximum atomic E-state index is 12.8. The molecule has 0 aromatic heterocycles. The molecule has 7 nitrogen and oxygen atoms in total. The molecule has 3 aromatic rings. The molecule has 0 heterocycles. The monoisotopic (exact) mass is 488 g/mol. The van der Waals surface area contributed by atoms with Crippen LogP contribution in [0.1, 0.15) is 34.5 Å². The van der Waals surface area contributed by atoms with Crippen molar-refractivity contribution in [3.8, 4) is 11.5 Å². The summed E-state index contributed by atoms with van der Waals surface area (Å²) >= 11 is 6.32. The number of carbonyl (C=O) groups is 1. The van der Waals surface area contributed by atoms with E-state index in [1.807, 2.05) is 13.8 Å². The normalized spacial score (nSPS) is 12.0. The maximum Gasteiger partial charge on any atom is 0.261 e. The van der Waals surface area contributed by atoms with Gasteiger partial charge in [-0.15, -0.1) is 0 Å². The number of ether oxygens (including phenoxy) is 2. The predicted molar refractivity (Wildman–Crippen MR) is 129 cm³/mol. The topological polar surface area (TPSA) is 93.7 Å². The Bertz CT molecular complexity index is 1260. The Kier molecular flexibility index (Phi) is 7.50. The summed E-state index contributed by atoms with van der Waals surface area (Å²) in [4.78, 5) is 13.0. The minimum absolute atomic E-state index is 0.112. The molecule has 0 saturated heterocycles. The van der Waals surface area contributed by atoms with Gasteiger partial charge in [0.15, 0.2) is 0 Å². The van der Waals surface area contributed by atoms with Crippen LogP contribution in [-0.4, -0.2) is 28.5 Å². The van der Waals surface area contributed by atoms with E-state index in [4.69, 9.17) is 21.1 Å². The van der Waals surface area contributed by atoms with Crippen LogP contribution >= 0.6 is 11.6 Å². The first-order chi connectivity index (χ1) is 15.6. The lowest BCUT2D eigenvalue weighted by Gasteiger charge is -2.19. The molecule has 9 heteroatoms. The smallest absolute Gasteiger partial charge is 0.261 e. The number of aryl methyl sites for hydroxylation is 1. The van der Waals surface area contributed by atoms with Gasteiger partial charge in [0.2, 0.25) is 0 Å². The zero-order valence-corrected chi connectivity index (χ0v) is 20.3.